The quantitative estimate of drug-likeness (QED) is 0.760. The summed E-state index contributed by atoms with van der Waals surface area (Å²) in [5.41, 5.74) is 1.84. The third-order valence-corrected chi connectivity index (χ3v) is 7.22. The van der Waals surface area contributed by atoms with Gasteiger partial charge in [0.15, 0.2) is 0 Å². The van der Waals surface area contributed by atoms with Crippen molar-refractivity contribution in [1.82, 2.24) is 4.72 Å². The minimum absolute atomic E-state index is 0.0312. The Hall–Kier alpha value is -2.58. The van der Waals surface area contributed by atoms with E-state index in [1.54, 1.807) is 11.0 Å². The number of nitrogens with one attached hydrogen (secondary N) is 1. The molecule has 0 aliphatic carbocycles. The van der Waals surface area contributed by atoms with Gasteiger partial charge in [-0.2, -0.15) is 0 Å². The standard InChI is InChI=1S/C23H28N2O5S/c1-15-7-9-17-18(14-23(2,3)30-21(17)12-15)24-31(27,28)16-8-10-20(29-4)19(13-16)25-11-5-6-22(25)26/h7-10,12-13,18,24H,5-6,11,14H2,1-4H3. The van der Waals surface area contributed by atoms with Gasteiger partial charge in [-0.25, -0.2) is 13.1 Å². The molecular formula is C23H28N2O5S. The first kappa shape index (κ1) is 21.6. The normalized spacial score (nSPS) is 20.3. The minimum atomic E-state index is -3.86. The van der Waals surface area contributed by atoms with E-state index < -0.39 is 21.7 Å². The van der Waals surface area contributed by atoms with Crippen LogP contribution in [-0.2, 0) is 14.8 Å². The van der Waals surface area contributed by atoms with Crippen molar-refractivity contribution in [1.29, 1.82) is 0 Å². The molecule has 0 saturated carbocycles. The van der Waals surface area contributed by atoms with Crippen LogP contribution in [0, 0.1) is 6.92 Å². The van der Waals surface area contributed by atoms with Gasteiger partial charge in [-0.05, 0) is 57.0 Å². The number of ether oxygens (including phenoxy) is 2. The Morgan fingerprint density at radius 1 is 1.19 bits per heavy atom. The van der Waals surface area contributed by atoms with Crippen molar-refractivity contribution < 1.29 is 22.7 Å². The molecule has 2 aliphatic heterocycles. The first-order valence-corrected chi connectivity index (χ1v) is 11.9. The molecule has 0 spiro atoms. The van der Waals surface area contributed by atoms with Crippen LogP contribution < -0.4 is 19.1 Å². The van der Waals surface area contributed by atoms with Gasteiger partial charge in [0.2, 0.25) is 15.9 Å². The van der Waals surface area contributed by atoms with Gasteiger partial charge in [-0.15, -0.1) is 0 Å². The molecule has 166 valence electrons. The van der Waals surface area contributed by atoms with E-state index >= 15 is 0 Å². The first-order chi connectivity index (χ1) is 14.6. The van der Waals surface area contributed by atoms with Crippen LogP contribution in [0.4, 0.5) is 5.69 Å². The molecule has 2 heterocycles. The fourth-order valence-electron chi connectivity index (χ4n) is 4.27. The molecule has 0 aromatic heterocycles. The predicted octanol–water partition coefficient (Wildman–Crippen LogP) is 3.71. The third-order valence-electron chi connectivity index (χ3n) is 5.75. The lowest BCUT2D eigenvalue weighted by Gasteiger charge is -2.38. The fourth-order valence-corrected chi connectivity index (χ4v) is 5.50. The van der Waals surface area contributed by atoms with E-state index in [4.69, 9.17) is 9.47 Å². The molecule has 0 bridgehead atoms. The second kappa shape index (κ2) is 7.84. The number of sulfonamides is 1. The van der Waals surface area contributed by atoms with Crippen molar-refractivity contribution in [3.63, 3.8) is 0 Å². The summed E-state index contributed by atoms with van der Waals surface area (Å²) in [6, 6.07) is 9.99. The second-order valence-electron chi connectivity index (χ2n) is 8.76. The molecule has 0 radical (unpaired) electrons. The number of fused-ring (bicyclic) bond motifs is 1. The van der Waals surface area contributed by atoms with Crippen LogP contribution in [0.1, 0.15) is 50.3 Å². The predicted molar refractivity (Wildman–Crippen MR) is 118 cm³/mol. The van der Waals surface area contributed by atoms with Crippen LogP contribution in [0.2, 0.25) is 0 Å². The van der Waals surface area contributed by atoms with Crippen LogP contribution in [-0.4, -0.2) is 33.6 Å². The van der Waals surface area contributed by atoms with Crippen molar-refractivity contribution >= 4 is 21.6 Å². The first-order valence-electron chi connectivity index (χ1n) is 10.4. The average molecular weight is 445 g/mol. The number of hydrogen-bond donors (Lipinski definition) is 1. The van der Waals surface area contributed by atoms with E-state index in [0.717, 1.165) is 17.5 Å². The summed E-state index contributed by atoms with van der Waals surface area (Å²) in [5.74, 6) is 1.14. The van der Waals surface area contributed by atoms with Gasteiger partial charge >= 0.3 is 0 Å². The van der Waals surface area contributed by atoms with E-state index in [1.807, 2.05) is 39.0 Å². The van der Waals surface area contributed by atoms with Gasteiger partial charge in [-0.3, -0.25) is 4.79 Å². The number of methoxy groups -OCH3 is 1. The van der Waals surface area contributed by atoms with Gasteiger partial charge in [-0.1, -0.05) is 12.1 Å². The van der Waals surface area contributed by atoms with Gasteiger partial charge in [0.25, 0.3) is 0 Å². The summed E-state index contributed by atoms with van der Waals surface area (Å²) in [5, 5.41) is 0. The van der Waals surface area contributed by atoms with Crippen LogP contribution in [0.3, 0.4) is 0 Å². The Morgan fingerprint density at radius 2 is 1.97 bits per heavy atom. The Morgan fingerprint density at radius 3 is 2.65 bits per heavy atom. The monoisotopic (exact) mass is 444 g/mol. The van der Waals surface area contributed by atoms with E-state index in [0.29, 0.717) is 36.6 Å². The molecule has 1 N–H and O–H groups in total. The second-order valence-corrected chi connectivity index (χ2v) is 10.5. The average Bonchev–Trinajstić information content (AvgIpc) is 3.11. The van der Waals surface area contributed by atoms with Crippen molar-refractivity contribution in [2.24, 2.45) is 0 Å². The molecule has 1 amide bonds. The van der Waals surface area contributed by atoms with E-state index in [1.165, 1.54) is 19.2 Å². The molecule has 1 fully saturated rings. The zero-order valence-corrected chi connectivity index (χ0v) is 19.1. The van der Waals surface area contributed by atoms with Crippen molar-refractivity contribution in [3.8, 4) is 11.5 Å². The number of nitrogens with zero attached hydrogens (tertiary/aromatic N) is 1. The third kappa shape index (κ3) is 4.27. The highest BCUT2D eigenvalue weighted by Gasteiger charge is 2.36. The maximum Gasteiger partial charge on any atom is 0.241 e. The van der Waals surface area contributed by atoms with Crippen molar-refractivity contribution in [2.45, 2.75) is 56.6 Å². The lowest BCUT2D eigenvalue weighted by molar-refractivity contribution is -0.117. The van der Waals surface area contributed by atoms with Crippen LogP contribution in [0.25, 0.3) is 0 Å². The minimum Gasteiger partial charge on any atom is -0.495 e. The van der Waals surface area contributed by atoms with Crippen LogP contribution >= 0.6 is 0 Å². The number of hydrogen-bond acceptors (Lipinski definition) is 5. The number of carbonyl (C=O) groups excluding carboxylic acids is 1. The molecule has 1 atom stereocenters. The number of amides is 1. The van der Waals surface area contributed by atoms with Crippen molar-refractivity contribution in [3.05, 3.63) is 47.5 Å². The lowest BCUT2D eigenvalue weighted by atomic mass is 9.90. The molecule has 2 aliphatic rings. The highest BCUT2D eigenvalue weighted by molar-refractivity contribution is 7.89. The van der Waals surface area contributed by atoms with Crippen LogP contribution in [0.5, 0.6) is 11.5 Å². The fraction of sp³-hybridized carbons (Fsp3) is 0.435. The summed E-state index contributed by atoms with van der Waals surface area (Å²) in [7, 11) is -2.35. The maximum atomic E-state index is 13.3. The Kier molecular flexibility index (Phi) is 5.47. The highest BCUT2D eigenvalue weighted by atomic mass is 32.2. The van der Waals surface area contributed by atoms with E-state index in [9.17, 15) is 13.2 Å². The molecule has 4 rings (SSSR count). The maximum absolute atomic E-state index is 13.3. The Bertz CT molecular complexity index is 1130. The molecule has 2 aromatic carbocycles. The molecule has 31 heavy (non-hydrogen) atoms. The molecular weight excluding hydrogens is 416 g/mol. The lowest BCUT2D eigenvalue weighted by Crippen LogP contribution is -2.41. The molecule has 8 heteroatoms. The molecule has 2 aromatic rings. The van der Waals surface area contributed by atoms with Gasteiger partial charge in [0.1, 0.15) is 17.1 Å². The van der Waals surface area contributed by atoms with Crippen molar-refractivity contribution in [2.75, 3.05) is 18.6 Å². The number of rotatable bonds is 5. The summed E-state index contributed by atoms with van der Waals surface area (Å²) in [4.78, 5) is 13.9. The number of carbonyl (C=O) groups is 1. The topological polar surface area (TPSA) is 84.9 Å². The Labute approximate surface area is 183 Å². The smallest absolute Gasteiger partial charge is 0.241 e. The summed E-state index contributed by atoms with van der Waals surface area (Å²) in [6.07, 6.45) is 1.69. The molecule has 7 nitrogen and oxygen atoms in total. The summed E-state index contributed by atoms with van der Waals surface area (Å²) in [6.45, 7) is 6.42. The Balaban J connectivity index is 1.69. The highest BCUT2D eigenvalue weighted by Crippen LogP contribution is 2.41. The summed E-state index contributed by atoms with van der Waals surface area (Å²) < 4.78 is 41.0. The zero-order chi connectivity index (χ0) is 22.4. The van der Waals surface area contributed by atoms with E-state index in [2.05, 4.69) is 4.72 Å². The molecule has 1 unspecified atom stereocenters. The van der Waals surface area contributed by atoms with Gasteiger partial charge < -0.3 is 14.4 Å². The molecule has 1 saturated heterocycles. The van der Waals surface area contributed by atoms with Gasteiger partial charge in [0.05, 0.1) is 23.7 Å². The number of benzene rings is 2. The number of anilines is 1. The zero-order valence-electron chi connectivity index (χ0n) is 18.3. The summed E-state index contributed by atoms with van der Waals surface area (Å²) >= 11 is 0. The SMILES string of the molecule is COc1ccc(S(=O)(=O)NC2CC(C)(C)Oc3cc(C)ccc32)cc1N1CCCC1=O. The van der Waals surface area contributed by atoms with Gasteiger partial charge in [0, 0.05) is 24.9 Å². The number of aryl methyl sites for hydroxylation is 1. The largest absolute Gasteiger partial charge is 0.495 e. The van der Waals surface area contributed by atoms with Crippen LogP contribution in [0.15, 0.2) is 41.3 Å². The van der Waals surface area contributed by atoms with E-state index in [-0.39, 0.29) is 10.8 Å².